The molecule has 1 heterocycles. The maximum absolute atomic E-state index is 12.1. The third-order valence-corrected chi connectivity index (χ3v) is 3.70. The molecule has 0 radical (unpaired) electrons. The van der Waals surface area contributed by atoms with Crippen molar-refractivity contribution in [2.45, 2.75) is 31.0 Å². The molecule has 0 aliphatic rings. The first-order valence-corrected chi connectivity index (χ1v) is 7.33. The van der Waals surface area contributed by atoms with Gasteiger partial charge in [-0.15, -0.1) is 18.3 Å². The highest BCUT2D eigenvalue weighted by atomic mass is 32.2. The summed E-state index contributed by atoms with van der Waals surface area (Å²) in [5.41, 5.74) is 0.494. The van der Waals surface area contributed by atoms with E-state index in [2.05, 4.69) is 20.3 Å². The molecule has 0 bridgehead atoms. The fourth-order valence-corrected chi connectivity index (χ4v) is 2.44. The number of tetrazole rings is 1. The summed E-state index contributed by atoms with van der Waals surface area (Å²) < 4.78 is 41.5. The molecule has 1 aromatic carbocycles. The van der Waals surface area contributed by atoms with Crippen LogP contribution in [0.4, 0.5) is 13.2 Å². The second-order valence-electron chi connectivity index (χ2n) is 4.29. The predicted molar refractivity (Wildman–Crippen MR) is 72.9 cm³/mol. The normalized spacial score (nSPS) is 13.1. The van der Waals surface area contributed by atoms with Crippen LogP contribution in [0.3, 0.4) is 0 Å². The lowest BCUT2D eigenvalue weighted by Gasteiger charge is -2.10. The minimum atomic E-state index is -4.73. The second-order valence-corrected chi connectivity index (χ2v) is 5.28. The Labute approximate surface area is 128 Å². The number of aromatic nitrogens is 4. The fourth-order valence-electron chi connectivity index (χ4n) is 1.51. The first-order valence-electron chi connectivity index (χ1n) is 6.34. The monoisotopic (exact) mass is 334 g/mol. The summed E-state index contributed by atoms with van der Waals surface area (Å²) in [6, 6.07) is 5.19. The Bertz CT molecular complexity index is 603. The predicted octanol–water partition coefficient (Wildman–Crippen LogP) is 2.42. The smallest absolute Gasteiger partial charge is 0.406 e. The van der Waals surface area contributed by atoms with E-state index in [9.17, 15) is 18.3 Å². The lowest BCUT2D eigenvalue weighted by atomic mass is 10.3. The zero-order valence-corrected chi connectivity index (χ0v) is 12.3. The Kier molecular flexibility index (Phi) is 5.24. The van der Waals surface area contributed by atoms with E-state index in [1.807, 2.05) is 6.92 Å². The molecule has 0 amide bonds. The number of hydrogen-bond acceptors (Lipinski definition) is 6. The number of ether oxygens (including phenoxy) is 1. The van der Waals surface area contributed by atoms with E-state index < -0.39 is 12.5 Å². The molecule has 10 heteroatoms. The van der Waals surface area contributed by atoms with Crippen LogP contribution in [0.15, 0.2) is 29.4 Å². The Morgan fingerprint density at radius 2 is 2.00 bits per heavy atom. The largest absolute Gasteiger partial charge is 0.573 e. The van der Waals surface area contributed by atoms with Crippen molar-refractivity contribution in [1.29, 1.82) is 0 Å². The SMILES string of the molecule is CC[C@H](O)CSc1nnnn1-c1ccc(OC(F)(F)F)cc1. The fraction of sp³-hybridized carbons (Fsp3) is 0.417. The van der Waals surface area contributed by atoms with E-state index in [1.165, 1.54) is 40.7 Å². The Hall–Kier alpha value is -1.81. The Balaban J connectivity index is 2.10. The van der Waals surface area contributed by atoms with Crippen LogP contribution < -0.4 is 4.74 Å². The number of hydrogen-bond donors (Lipinski definition) is 1. The number of nitrogens with zero attached hydrogens (tertiary/aromatic N) is 4. The summed E-state index contributed by atoms with van der Waals surface area (Å²) in [5, 5.41) is 21.1. The van der Waals surface area contributed by atoms with E-state index >= 15 is 0 Å². The van der Waals surface area contributed by atoms with Crippen molar-refractivity contribution in [2.24, 2.45) is 0 Å². The highest BCUT2D eigenvalue weighted by Gasteiger charge is 2.31. The Morgan fingerprint density at radius 1 is 1.32 bits per heavy atom. The van der Waals surface area contributed by atoms with Gasteiger partial charge in [-0.05, 0) is 41.1 Å². The molecule has 22 heavy (non-hydrogen) atoms. The summed E-state index contributed by atoms with van der Waals surface area (Å²) in [6.07, 6.45) is -4.59. The number of aliphatic hydroxyl groups is 1. The van der Waals surface area contributed by atoms with Crippen LogP contribution in [0.1, 0.15) is 13.3 Å². The van der Waals surface area contributed by atoms with Gasteiger partial charge in [0.15, 0.2) is 0 Å². The van der Waals surface area contributed by atoms with E-state index in [4.69, 9.17) is 0 Å². The second kappa shape index (κ2) is 6.97. The first-order chi connectivity index (χ1) is 10.4. The van der Waals surface area contributed by atoms with E-state index in [1.54, 1.807) is 0 Å². The van der Waals surface area contributed by atoms with Crippen molar-refractivity contribution in [3.05, 3.63) is 24.3 Å². The topological polar surface area (TPSA) is 73.1 Å². The van der Waals surface area contributed by atoms with Gasteiger partial charge in [0.25, 0.3) is 0 Å². The summed E-state index contributed by atoms with van der Waals surface area (Å²) in [7, 11) is 0. The molecular formula is C12H13F3N4O2S. The van der Waals surface area contributed by atoms with Crippen molar-refractivity contribution in [3.8, 4) is 11.4 Å². The average Bonchev–Trinajstić information content (AvgIpc) is 2.92. The number of aliphatic hydroxyl groups excluding tert-OH is 1. The van der Waals surface area contributed by atoms with Gasteiger partial charge < -0.3 is 9.84 Å². The quantitative estimate of drug-likeness (QED) is 0.818. The molecule has 2 aromatic rings. The average molecular weight is 334 g/mol. The highest BCUT2D eigenvalue weighted by Crippen LogP contribution is 2.25. The molecular weight excluding hydrogens is 321 g/mol. The minimum Gasteiger partial charge on any atom is -0.406 e. The van der Waals surface area contributed by atoms with Crippen LogP contribution in [-0.2, 0) is 0 Å². The molecule has 1 aromatic heterocycles. The van der Waals surface area contributed by atoms with Gasteiger partial charge in [0.05, 0.1) is 11.8 Å². The highest BCUT2D eigenvalue weighted by molar-refractivity contribution is 7.99. The molecule has 2 rings (SSSR count). The van der Waals surface area contributed by atoms with Crippen LogP contribution in [0, 0.1) is 0 Å². The lowest BCUT2D eigenvalue weighted by molar-refractivity contribution is -0.274. The third-order valence-electron chi connectivity index (χ3n) is 2.63. The molecule has 0 saturated heterocycles. The zero-order chi connectivity index (χ0) is 16.2. The molecule has 0 saturated carbocycles. The van der Waals surface area contributed by atoms with Crippen LogP contribution >= 0.6 is 11.8 Å². The van der Waals surface area contributed by atoms with E-state index in [0.717, 1.165) is 0 Å². The molecule has 6 nitrogen and oxygen atoms in total. The number of rotatable bonds is 6. The van der Waals surface area contributed by atoms with Gasteiger partial charge in [-0.25, -0.2) is 0 Å². The summed E-state index contributed by atoms with van der Waals surface area (Å²) >= 11 is 1.26. The molecule has 1 N–H and O–H groups in total. The van der Waals surface area contributed by atoms with Crippen molar-refractivity contribution >= 4 is 11.8 Å². The van der Waals surface area contributed by atoms with Gasteiger partial charge in [0.1, 0.15) is 5.75 Å². The van der Waals surface area contributed by atoms with Crippen molar-refractivity contribution in [3.63, 3.8) is 0 Å². The third kappa shape index (κ3) is 4.60. The number of benzene rings is 1. The molecule has 0 unspecified atom stereocenters. The van der Waals surface area contributed by atoms with Crippen molar-refractivity contribution in [1.82, 2.24) is 20.2 Å². The number of thioether (sulfide) groups is 1. The minimum absolute atomic E-state index is 0.320. The van der Waals surface area contributed by atoms with Crippen molar-refractivity contribution < 1.29 is 23.0 Å². The summed E-state index contributed by atoms with van der Waals surface area (Å²) in [4.78, 5) is 0. The summed E-state index contributed by atoms with van der Waals surface area (Å²) in [5.74, 6) is 0.103. The maximum atomic E-state index is 12.1. The van der Waals surface area contributed by atoms with Crippen molar-refractivity contribution in [2.75, 3.05) is 5.75 Å². The van der Waals surface area contributed by atoms with Crippen LogP contribution in [0.2, 0.25) is 0 Å². The lowest BCUT2D eigenvalue weighted by Crippen LogP contribution is -2.17. The van der Waals surface area contributed by atoms with Crippen LogP contribution in [0.25, 0.3) is 5.69 Å². The van der Waals surface area contributed by atoms with Crippen LogP contribution in [-0.4, -0.2) is 43.5 Å². The van der Waals surface area contributed by atoms with Crippen LogP contribution in [0.5, 0.6) is 5.75 Å². The Morgan fingerprint density at radius 3 is 2.59 bits per heavy atom. The van der Waals surface area contributed by atoms with Gasteiger partial charge in [-0.2, -0.15) is 4.68 Å². The molecule has 120 valence electrons. The molecule has 0 fully saturated rings. The van der Waals surface area contributed by atoms with Gasteiger partial charge in [0.2, 0.25) is 5.16 Å². The standard InChI is InChI=1S/C12H13F3N4O2S/c1-2-9(20)7-22-11-16-17-18-19(11)8-3-5-10(6-4-8)21-12(13,14)15/h3-6,9,20H,2,7H2,1H3/t9-/m0/s1. The maximum Gasteiger partial charge on any atom is 0.573 e. The zero-order valence-electron chi connectivity index (χ0n) is 11.5. The number of halogens is 3. The van der Waals surface area contributed by atoms with Gasteiger partial charge in [0, 0.05) is 5.75 Å². The van der Waals surface area contributed by atoms with E-state index in [0.29, 0.717) is 23.0 Å². The first kappa shape index (κ1) is 16.6. The van der Waals surface area contributed by atoms with Gasteiger partial charge >= 0.3 is 6.36 Å². The van der Waals surface area contributed by atoms with Gasteiger partial charge in [-0.3, -0.25) is 0 Å². The molecule has 1 atom stereocenters. The summed E-state index contributed by atoms with van der Waals surface area (Å²) in [6.45, 7) is 1.85. The molecule has 0 aliphatic heterocycles. The number of alkyl halides is 3. The van der Waals surface area contributed by atoms with Gasteiger partial charge in [-0.1, -0.05) is 18.7 Å². The molecule has 0 spiro atoms. The molecule has 0 aliphatic carbocycles. The van der Waals surface area contributed by atoms with E-state index in [-0.39, 0.29) is 5.75 Å².